The van der Waals surface area contributed by atoms with Gasteiger partial charge in [0.05, 0.1) is 5.41 Å². The van der Waals surface area contributed by atoms with Crippen molar-refractivity contribution in [1.82, 2.24) is 16.0 Å². The van der Waals surface area contributed by atoms with Gasteiger partial charge in [-0.15, -0.1) is 24.0 Å². The zero-order chi connectivity index (χ0) is 17.5. The molecule has 1 rings (SSSR count). The average molecular weight is 452 g/mol. The maximum absolute atomic E-state index is 12.0. The Bertz CT molecular complexity index is 402. The van der Waals surface area contributed by atoms with Gasteiger partial charge in [0.25, 0.3) is 0 Å². The van der Waals surface area contributed by atoms with Crippen LogP contribution in [0.1, 0.15) is 60.3 Å². The minimum Gasteiger partial charge on any atom is -0.356 e. The number of hydrogen-bond acceptors (Lipinski definition) is 2. The Hall–Kier alpha value is -0.530. The number of nitrogens with one attached hydrogen (secondary N) is 3. The van der Waals surface area contributed by atoms with E-state index in [0.29, 0.717) is 19.1 Å². The van der Waals surface area contributed by atoms with E-state index in [0.717, 1.165) is 17.8 Å². The number of aliphatic imine (C=N–C) groups is 1. The summed E-state index contributed by atoms with van der Waals surface area (Å²) in [5.74, 6) is 2.52. The van der Waals surface area contributed by atoms with Crippen LogP contribution in [0.25, 0.3) is 0 Å². The standard InChI is InChI=1S/C18H36N4O.HI/c1-7-20-16(23)18(4,5)12-21-17(19-6)22-15-10-8-14(9-11-15)13(2)3;/h13-15H,7-12H2,1-6H3,(H,20,23)(H2,19,21,22);1H. The molecule has 0 aliphatic heterocycles. The molecule has 142 valence electrons. The molecule has 0 spiro atoms. The third kappa shape index (κ3) is 7.57. The van der Waals surface area contributed by atoms with Crippen molar-refractivity contribution in [3.63, 3.8) is 0 Å². The van der Waals surface area contributed by atoms with E-state index in [1.54, 1.807) is 7.05 Å². The van der Waals surface area contributed by atoms with E-state index >= 15 is 0 Å². The summed E-state index contributed by atoms with van der Waals surface area (Å²) in [6.45, 7) is 11.7. The Morgan fingerprint density at radius 1 is 1.17 bits per heavy atom. The lowest BCUT2D eigenvalue weighted by molar-refractivity contribution is -0.128. The second-order valence-electron chi connectivity index (χ2n) is 7.67. The fraction of sp³-hybridized carbons (Fsp3) is 0.889. The second-order valence-corrected chi connectivity index (χ2v) is 7.67. The molecule has 0 bridgehead atoms. The minimum atomic E-state index is -0.455. The Morgan fingerprint density at radius 2 is 1.75 bits per heavy atom. The van der Waals surface area contributed by atoms with E-state index in [1.165, 1.54) is 25.7 Å². The van der Waals surface area contributed by atoms with Gasteiger partial charge in [-0.05, 0) is 58.3 Å². The lowest BCUT2D eigenvalue weighted by Crippen LogP contribution is -2.50. The summed E-state index contributed by atoms with van der Waals surface area (Å²) < 4.78 is 0. The lowest BCUT2D eigenvalue weighted by atomic mass is 9.80. The van der Waals surface area contributed by atoms with E-state index < -0.39 is 5.41 Å². The molecule has 0 aromatic carbocycles. The number of nitrogens with zero attached hydrogens (tertiary/aromatic N) is 1. The quantitative estimate of drug-likeness (QED) is 0.330. The van der Waals surface area contributed by atoms with Crippen LogP contribution in [-0.4, -0.2) is 38.0 Å². The van der Waals surface area contributed by atoms with E-state index in [-0.39, 0.29) is 29.9 Å². The molecule has 6 heteroatoms. The number of carbonyl (C=O) groups excluding carboxylic acids is 1. The Balaban J connectivity index is 0.00000529. The summed E-state index contributed by atoms with van der Waals surface area (Å²) in [5, 5.41) is 9.71. The van der Waals surface area contributed by atoms with Crippen LogP contribution < -0.4 is 16.0 Å². The molecule has 0 atom stereocenters. The monoisotopic (exact) mass is 452 g/mol. The molecular weight excluding hydrogens is 415 g/mol. The van der Waals surface area contributed by atoms with E-state index in [9.17, 15) is 4.79 Å². The van der Waals surface area contributed by atoms with Gasteiger partial charge in [-0.1, -0.05) is 13.8 Å². The molecule has 0 heterocycles. The number of guanidine groups is 1. The number of hydrogen-bond donors (Lipinski definition) is 3. The van der Waals surface area contributed by atoms with Crippen LogP contribution in [0.4, 0.5) is 0 Å². The highest BCUT2D eigenvalue weighted by Gasteiger charge is 2.28. The third-order valence-electron chi connectivity index (χ3n) is 4.93. The molecule has 1 amide bonds. The summed E-state index contributed by atoms with van der Waals surface area (Å²) in [4.78, 5) is 16.4. The predicted molar refractivity (Wildman–Crippen MR) is 113 cm³/mol. The molecule has 1 aliphatic rings. The Labute approximate surface area is 165 Å². The Kier molecular flexibility index (Phi) is 10.9. The second kappa shape index (κ2) is 11.2. The molecule has 5 nitrogen and oxygen atoms in total. The molecule has 1 fully saturated rings. The normalized spacial score (nSPS) is 21.9. The van der Waals surface area contributed by atoms with Crippen molar-refractivity contribution >= 4 is 35.8 Å². The first kappa shape index (κ1) is 23.5. The minimum absolute atomic E-state index is 0. The van der Waals surface area contributed by atoms with Gasteiger partial charge in [0, 0.05) is 26.2 Å². The summed E-state index contributed by atoms with van der Waals surface area (Å²) in [6.07, 6.45) is 4.97. The molecule has 0 aromatic heterocycles. The average Bonchev–Trinajstić information content (AvgIpc) is 2.52. The molecule has 0 unspecified atom stereocenters. The van der Waals surface area contributed by atoms with Gasteiger partial charge < -0.3 is 16.0 Å². The zero-order valence-electron chi connectivity index (χ0n) is 16.2. The fourth-order valence-corrected chi connectivity index (χ4v) is 3.10. The predicted octanol–water partition coefficient (Wildman–Crippen LogP) is 3.15. The molecular formula is C18H37IN4O. The summed E-state index contributed by atoms with van der Waals surface area (Å²) in [5.41, 5.74) is -0.455. The van der Waals surface area contributed by atoms with Crippen LogP contribution in [0.15, 0.2) is 4.99 Å². The highest BCUT2D eigenvalue weighted by molar-refractivity contribution is 14.0. The zero-order valence-corrected chi connectivity index (χ0v) is 18.6. The van der Waals surface area contributed by atoms with Gasteiger partial charge in [-0.2, -0.15) is 0 Å². The van der Waals surface area contributed by atoms with Crippen molar-refractivity contribution in [1.29, 1.82) is 0 Å². The van der Waals surface area contributed by atoms with E-state index in [2.05, 4.69) is 34.8 Å². The van der Waals surface area contributed by atoms with Crippen molar-refractivity contribution in [2.75, 3.05) is 20.1 Å². The number of amides is 1. The van der Waals surface area contributed by atoms with Gasteiger partial charge in [0.15, 0.2) is 5.96 Å². The van der Waals surface area contributed by atoms with Crippen LogP contribution >= 0.6 is 24.0 Å². The molecule has 0 radical (unpaired) electrons. The van der Waals surface area contributed by atoms with E-state index in [4.69, 9.17) is 0 Å². The van der Waals surface area contributed by atoms with Crippen molar-refractivity contribution in [3.8, 4) is 0 Å². The molecule has 0 saturated heterocycles. The SMILES string of the molecule is CCNC(=O)C(C)(C)CNC(=NC)NC1CCC(C(C)C)CC1.I. The smallest absolute Gasteiger partial charge is 0.227 e. The first-order valence-corrected chi connectivity index (χ1v) is 9.05. The summed E-state index contributed by atoms with van der Waals surface area (Å²) in [7, 11) is 1.79. The maximum atomic E-state index is 12.0. The van der Waals surface area contributed by atoms with Crippen molar-refractivity contribution in [2.24, 2.45) is 22.2 Å². The first-order valence-electron chi connectivity index (χ1n) is 9.05. The van der Waals surface area contributed by atoms with Crippen molar-refractivity contribution in [2.45, 2.75) is 66.3 Å². The van der Waals surface area contributed by atoms with Gasteiger partial charge in [0.1, 0.15) is 0 Å². The number of rotatable bonds is 6. The first-order chi connectivity index (χ1) is 10.8. The fourth-order valence-electron chi connectivity index (χ4n) is 3.10. The third-order valence-corrected chi connectivity index (χ3v) is 4.93. The van der Waals surface area contributed by atoms with Crippen LogP contribution in [0, 0.1) is 17.3 Å². The van der Waals surface area contributed by atoms with Crippen molar-refractivity contribution in [3.05, 3.63) is 0 Å². The number of carbonyl (C=O) groups is 1. The summed E-state index contributed by atoms with van der Waals surface area (Å²) >= 11 is 0. The highest BCUT2D eigenvalue weighted by Crippen LogP contribution is 2.29. The highest BCUT2D eigenvalue weighted by atomic mass is 127. The van der Waals surface area contributed by atoms with Crippen LogP contribution in [0.3, 0.4) is 0 Å². The van der Waals surface area contributed by atoms with Gasteiger partial charge in [-0.25, -0.2) is 0 Å². The van der Waals surface area contributed by atoms with Crippen LogP contribution in [0.2, 0.25) is 0 Å². The van der Waals surface area contributed by atoms with Gasteiger partial charge in [-0.3, -0.25) is 9.79 Å². The number of halogens is 1. The van der Waals surface area contributed by atoms with Crippen molar-refractivity contribution < 1.29 is 4.79 Å². The maximum Gasteiger partial charge on any atom is 0.227 e. The molecule has 0 aromatic rings. The van der Waals surface area contributed by atoms with E-state index in [1.807, 2.05) is 20.8 Å². The molecule has 1 saturated carbocycles. The van der Waals surface area contributed by atoms with Crippen LogP contribution in [-0.2, 0) is 4.79 Å². The molecule has 24 heavy (non-hydrogen) atoms. The van der Waals surface area contributed by atoms with Gasteiger partial charge >= 0.3 is 0 Å². The van der Waals surface area contributed by atoms with Crippen LogP contribution in [0.5, 0.6) is 0 Å². The molecule has 1 aliphatic carbocycles. The largest absolute Gasteiger partial charge is 0.356 e. The Morgan fingerprint density at radius 3 is 2.21 bits per heavy atom. The molecule has 3 N–H and O–H groups in total. The summed E-state index contributed by atoms with van der Waals surface area (Å²) in [6, 6.07) is 0.490. The van der Waals surface area contributed by atoms with Gasteiger partial charge in [0.2, 0.25) is 5.91 Å². The lowest BCUT2D eigenvalue weighted by Gasteiger charge is -2.32. The topological polar surface area (TPSA) is 65.5 Å².